The van der Waals surface area contributed by atoms with E-state index in [4.69, 9.17) is 5.73 Å². The summed E-state index contributed by atoms with van der Waals surface area (Å²) in [5.41, 5.74) is 7.34. The van der Waals surface area contributed by atoms with Gasteiger partial charge in [-0.05, 0) is 42.9 Å². The van der Waals surface area contributed by atoms with Gasteiger partial charge >= 0.3 is 0 Å². The lowest BCUT2D eigenvalue weighted by Crippen LogP contribution is -2.20. The Morgan fingerprint density at radius 2 is 2.17 bits per heavy atom. The third-order valence-corrected chi connectivity index (χ3v) is 6.99. The number of nitrogens with zero attached hydrogens (tertiary/aromatic N) is 1. The predicted molar refractivity (Wildman–Crippen MR) is 116 cm³/mol. The van der Waals surface area contributed by atoms with Gasteiger partial charge < -0.3 is 16.0 Å². The molecule has 7 nitrogen and oxygen atoms in total. The van der Waals surface area contributed by atoms with Gasteiger partial charge in [0.2, 0.25) is 5.91 Å². The Morgan fingerprint density at radius 3 is 2.97 bits per heavy atom. The van der Waals surface area contributed by atoms with Crippen LogP contribution in [0.2, 0.25) is 0 Å². The number of primary amides is 1. The highest BCUT2D eigenvalue weighted by Crippen LogP contribution is 2.39. The van der Waals surface area contributed by atoms with Crippen LogP contribution in [0.3, 0.4) is 0 Å². The Balaban J connectivity index is 1.49. The first kappa shape index (κ1) is 19.7. The minimum Gasteiger partial charge on any atom is -0.365 e. The van der Waals surface area contributed by atoms with Crippen LogP contribution in [0.25, 0.3) is 10.9 Å². The quantitative estimate of drug-likeness (QED) is 0.427. The van der Waals surface area contributed by atoms with Crippen molar-refractivity contribution < 1.29 is 9.59 Å². The molecule has 0 fully saturated rings. The lowest BCUT2D eigenvalue weighted by Gasteiger charge is -2.18. The van der Waals surface area contributed by atoms with Crippen LogP contribution in [0, 0.1) is 5.92 Å². The molecule has 9 heteroatoms. The number of carbonyl (C=O) groups excluding carboxylic acids is 2. The van der Waals surface area contributed by atoms with Gasteiger partial charge in [-0.3, -0.25) is 14.4 Å². The first-order valence-corrected chi connectivity index (χ1v) is 11.1. The summed E-state index contributed by atoms with van der Waals surface area (Å²) in [4.78, 5) is 44.8. The number of aromatic amines is 1. The Bertz CT molecular complexity index is 1170. The van der Waals surface area contributed by atoms with Crippen molar-refractivity contribution in [1.82, 2.24) is 9.97 Å². The molecule has 1 aliphatic rings. The van der Waals surface area contributed by atoms with Crippen molar-refractivity contribution in [3.05, 3.63) is 50.6 Å². The second kappa shape index (κ2) is 8.00. The van der Waals surface area contributed by atoms with Gasteiger partial charge in [-0.15, -0.1) is 11.3 Å². The molecule has 1 aliphatic carbocycles. The second-order valence-corrected chi connectivity index (χ2v) is 9.21. The van der Waals surface area contributed by atoms with Gasteiger partial charge in [0, 0.05) is 4.88 Å². The lowest BCUT2D eigenvalue weighted by atomic mass is 9.88. The predicted octanol–water partition coefficient (Wildman–Crippen LogP) is 2.94. The van der Waals surface area contributed by atoms with Crippen LogP contribution in [-0.2, 0) is 17.6 Å². The summed E-state index contributed by atoms with van der Waals surface area (Å²) in [5.74, 6) is -0.185. The van der Waals surface area contributed by atoms with Gasteiger partial charge in [0.05, 0.1) is 22.2 Å². The normalized spacial score (nSPS) is 15.8. The zero-order chi connectivity index (χ0) is 20.5. The summed E-state index contributed by atoms with van der Waals surface area (Å²) in [6, 6.07) is 7.04. The van der Waals surface area contributed by atoms with Crippen molar-refractivity contribution in [2.45, 2.75) is 31.3 Å². The van der Waals surface area contributed by atoms with Crippen molar-refractivity contribution in [1.29, 1.82) is 0 Å². The summed E-state index contributed by atoms with van der Waals surface area (Å²) in [6.45, 7) is 2.18. The Kier molecular flexibility index (Phi) is 5.42. The van der Waals surface area contributed by atoms with Crippen LogP contribution < -0.4 is 16.6 Å². The number of fused-ring (bicyclic) bond motifs is 2. The van der Waals surface area contributed by atoms with Crippen LogP contribution in [0.5, 0.6) is 0 Å². The maximum Gasteiger partial charge on any atom is 0.259 e. The minimum absolute atomic E-state index is 0.0540. The van der Waals surface area contributed by atoms with Gasteiger partial charge in [0.15, 0.2) is 5.16 Å². The molecule has 150 valence electrons. The number of H-pyrrole nitrogens is 1. The molecule has 1 unspecified atom stereocenters. The molecule has 0 radical (unpaired) electrons. The summed E-state index contributed by atoms with van der Waals surface area (Å²) in [5, 5.41) is 4.22. The third-order valence-electron chi connectivity index (χ3n) is 4.94. The van der Waals surface area contributed by atoms with Crippen molar-refractivity contribution >= 4 is 50.8 Å². The molecule has 2 aromatic heterocycles. The zero-order valence-corrected chi connectivity index (χ0v) is 17.4. The third kappa shape index (κ3) is 4.06. The smallest absolute Gasteiger partial charge is 0.259 e. The number of benzene rings is 1. The fourth-order valence-corrected chi connectivity index (χ4v) is 5.63. The first-order chi connectivity index (χ1) is 13.9. The molecule has 0 saturated heterocycles. The fourth-order valence-electron chi connectivity index (χ4n) is 3.53. The van der Waals surface area contributed by atoms with E-state index in [0.29, 0.717) is 32.5 Å². The Labute approximate surface area is 175 Å². The number of rotatable bonds is 5. The summed E-state index contributed by atoms with van der Waals surface area (Å²) in [7, 11) is 0. The molecule has 0 bridgehead atoms. The van der Waals surface area contributed by atoms with Crippen molar-refractivity contribution in [2.24, 2.45) is 11.7 Å². The Hall–Kier alpha value is -2.65. The summed E-state index contributed by atoms with van der Waals surface area (Å²) >= 11 is 2.57. The fraction of sp³-hybridized carbons (Fsp3) is 0.300. The van der Waals surface area contributed by atoms with E-state index in [1.807, 2.05) is 0 Å². The average Bonchev–Trinajstić information content (AvgIpc) is 3.03. The molecule has 1 aromatic carbocycles. The number of thioether (sulfide) groups is 1. The van der Waals surface area contributed by atoms with E-state index in [-0.39, 0.29) is 17.2 Å². The SMILES string of the molecule is CC1CCc2c(sc(NC(=O)CSc3nc4ccccc4c(=O)[nH]3)c2C(N)=O)C1. The summed E-state index contributed by atoms with van der Waals surface area (Å²) < 4.78 is 0. The largest absolute Gasteiger partial charge is 0.365 e. The molecule has 4 rings (SSSR count). The molecule has 29 heavy (non-hydrogen) atoms. The highest BCUT2D eigenvalue weighted by molar-refractivity contribution is 7.99. The number of nitrogens with two attached hydrogens (primary N) is 1. The molecule has 0 spiro atoms. The number of aromatic nitrogens is 2. The number of amides is 2. The van der Waals surface area contributed by atoms with E-state index in [0.717, 1.165) is 41.5 Å². The number of nitrogens with one attached hydrogen (secondary N) is 2. The summed E-state index contributed by atoms with van der Waals surface area (Å²) in [6.07, 6.45) is 2.71. The molecule has 3 aromatic rings. The maximum atomic E-state index is 12.5. The second-order valence-electron chi connectivity index (χ2n) is 7.15. The van der Waals surface area contributed by atoms with Gasteiger partial charge in [-0.2, -0.15) is 0 Å². The highest BCUT2D eigenvalue weighted by Gasteiger charge is 2.27. The topological polar surface area (TPSA) is 118 Å². The lowest BCUT2D eigenvalue weighted by molar-refractivity contribution is -0.113. The van der Waals surface area contributed by atoms with Crippen molar-refractivity contribution in [3.63, 3.8) is 0 Å². The molecule has 0 aliphatic heterocycles. The maximum absolute atomic E-state index is 12.5. The average molecular weight is 429 g/mol. The van der Waals surface area contributed by atoms with Crippen LogP contribution in [0.4, 0.5) is 5.00 Å². The van der Waals surface area contributed by atoms with Crippen LogP contribution in [0.1, 0.15) is 34.1 Å². The molecule has 0 saturated carbocycles. The molecule has 1 atom stereocenters. The monoisotopic (exact) mass is 428 g/mol. The van der Waals surface area contributed by atoms with E-state index in [2.05, 4.69) is 22.2 Å². The number of thiophene rings is 1. The molecular formula is C20H20N4O3S2. The number of para-hydroxylation sites is 1. The molecule has 4 N–H and O–H groups in total. The number of hydrogen-bond donors (Lipinski definition) is 3. The number of carbonyl (C=O) groups is 2. The van der Waals surface area contributed by atoms with Gasteiger partial charge in [-0.1, -0.05) is 30.8 Å². The van der Waals surface area contributed by atoms with Crippen LogP contribution in [0.15, 0.2) is 34.2 Å². The zero-order valence-electron chi connectivity index (χ0n) is 15.8. The van der Waals surface area contributed by atoms with Gasteiger partial charge in [-0.25, -0.2) is 4.98 Å². The van der Waals surface area contributed by atoms with Gasteiger partial charge in [0.25, 0.3) is 11.5 Å². The van der Waals surface area contributed by atoms with Crippen molar-refractivity contribution in [2.75, 3.05) is 11.1 Å². The molecule has 2 amide bonds. The van der Waals surface area contributed by atoms with E-state index < -0.39 is 5.91 Å². The van der Waals surface area contributed by atoms with Crippen molar-refractivity contribution in [3.8, 4) is 0 Å². The standard InChI is InChI=1S/C20H20N4O3S2/c1-10-6-7-12-14(8-10)29-19(16(12)17(21)26)23-15(25)9-28-20-22-13-5-3-2-4-11(13)18(27)24-20/h2-5,10H,6-9H2,1H3,(H2,21,26)(H,23,25)(H,22,24,27). The van der Waals surface area contributed by atoms with E-state index in [9.17, 15) is 14.4 Å². The van der Waals surface area contributed by atoms with E-state index >= 15 is 0 Å². The highest BCUT2D eigenvalue weighted by atomic mass is 32.2. The molecule has 2 heterocycles. The Morgan fingerprint density at radius 1 is 1.38 bits per heavy atom. The van der Waals surface area contributed by atoms with Crippen LogP contribution >= 0.6 is 23.1 Å². The van der Waals surface area contributed by atoms with Gasteiger partial charge in [0.1, 0.15) is 5.00 Å². The number of anilines is 1. The van der Waals surface area contributed by atoms with E-state index in [1.54, 1.807) is 24.3 Å². The minimum atomic E-state index is -0.513. The van der Waals surface area contributed by atoms with E-state index in [1.165, 1.54) is 11.3 Å². The number of hydrogen-bond acceptors (Lipinski definition) is 6. The molecular weight excluding hydrogens is 408 g/mol. The first-order valence-electron chi connectivity index (χ1n) is 9.28. The van der Waals surface area contributed by atoms with Crippen LogP contribution in [-0.4, -0.2) is 27.5 Å².